The number of nitrogens with zero attached hydrogens (tertiary/aromatic N) is 1. The number of carbonyl (C=O) groups excluding carboxylic acids is 2. The number of carboxylic acids is 1. The number of ether oxygens (including phenoxy) is 1. The van der Waals surface area contributed by atoms with Gasteiger partial charge in [0.2, 0.25) is 5.91 Å². The van der Waals surface area contributed by atoms with E-state index in [4.69, 9.17) is 9.84 Å². The van der Waals surface area contributed by atoms with Crippen LogP contribution in [-0.4, -0.2) is 53.2 Å². The molecule has 2 aliphatic rings. The zero-order valence-electron chi connectivity index (χ0n) is 20.4. The number of fused-ring (bicyclic) bond motifs is 3. The zero-order chi connectivity index (χ0) is 24.9. The van der Waals surface area contributed by atoms with Crippen molar-refractivity contribution in [2.24, 2.45) is 5.92 Å². The lowest BCUT2D eigenvalue weighted by Crippen LogP contribution is -2.45. The van der Waals surface area contributed by atoms with Crippen molar-refractivity contribution >= 4 is 18.0 Å². The predicted molar refractivity (Wildman–Crippen MR) is 133 cm³/mol. The Morgan fingerprint density at radius 3 is 2.29 bits per heavy atom. The number of carboxylic acid groups (broad SMARTS) is 1. The fraction of sp³-hybridized carbons (Fsp3) is 0.464. The molecule has 2 atom stereocenters. The predicted octanol–water partition coefficient (Wildman–Crippen LogP) is 4.80. The standard InChI is InChI=1S/C28H34N2O5/c1-18(2)25(16-26(31)30-15-7-8-19(30)13-14-27(32)33)29-28(34)35-17-24-22-11-5-3-9-20(22)21-10-4-6-12-23(21)24/h3-6,9-12,18-19,24-25H,7-8,13-17H2,1-2H3,(H,29,34)(H,32,33). The molecule has 2 unspecified atom stereocenters. The van der Waals surface area contributed by atoms with Crippen molar-refractivity contribution in [2.75, 3.05) is 13.2 Å². The topological polar surface area (TPSA) is 95.9 Å². The number of likely N-dealkylation sites (tertiary alicyclic amines) is 1. The third-order valence-corrected chi connectivity index (χ3v) is 7.24. The third kappa shape index (κ3) is 5.66. The molecule has 35 heavy (non-hydrogen) atoms. The third-order valence-electron chi connectivity index (χ3n) is 7.24. The number of hydrogen-bond acceptors (Lipinski definition) is 4. The van der Waals surface area contributed by atoms with Crippen molar-refractivity contribution < 1.29 is 24.2 Å². The van der Waals surface area contributed by atoms with Crippen LogP contribution in [0.1, 0.15) is 63.0 Å². The van der Waals surface area contributed by atoms with E-state index in [0.717, 1.165) is 24.0 Å². The molecule has 1 aliphatic heterocycles. The van der Waals surface area contributed by atoms with Gasteiger partial charge in [0.25, 0.3) is 0 Å². The van der Waals surface area contributed by atoms with Gasteiger partial charge in [0.1, 0.15) is 6.61 Å². The van der Waals surface area contributed by atoms with Gasteiger partial charge in [-0.3, -0.25) is 9.59 Å². The normalized spacial score (nSPS) is 17.7. The van der Waals surface area contributed by atoms with Gasteiger partial charge in [-0.2, -0.15) is 0 Å². The fourth-order valence-corrected chi connectivity index (χ4v) is 5.30. The minimum atomic E-state index is -0.846. The molecule has 1 saturated heterocycles. The largest absolute Gasteiger partial charge is 0.481 e. The quantitative estimate of drug-likeness (QED) is 0.540. The van der Waals surface area contributed by atoms with Crippen LogP contribution in [0.4, 0.5) is 4.79 Å². The second kappa shape index (κ2) is 10.9. The van der Waals surface area contributed by atoms with E-state index < -0.39 is 12.1 Å². The van der Waals surface area contributed by atoms with Gasteiger partial charge < -0.3 is 20.1 Å². The summed E-state index contributed by atoms with van der Waals surface area (Å²) < 4.78 is 5.67. The van der Waals surface area contributed by atoms with E-state index in [1.807, 2.05) is 38.1 Å². The second-order valence-electron chi connectivity index (χ2n) is 9.84. The molecule has 2 aromatic carbocycles. The Labute approximate surface area is 206 Å². The fourth-order valence-electron chi connectivity index (χ4n) is 5.30. The maximum absolute atomic E-state index is 13.0. The summed E-state index contributed by atoms with van der Waals surface area (Å²) in [6.07, 6.45) is 1.87. The highest BCUT2D eigenvalue weighted by molar-refractivity contribution is 5.80. The molecule has 7 nitrogen and oxygen atoms in total. The first kappa shape index (κ1) is 24.8. The first-order chi connectivity index (χ1) is 16.8. The lowest BCUT2D eigenvalue weighted by molar-refractivity contribution is -0.139. The summed E-state index contributed by atoms with van der Waals surface area (Å²) in [5, 5.41) is 11.9. The van der Waals surface area contributed by atoms with E-state index in [0.29, 0.717) is 13.0 Å². The molecule has 0 spiro atoms. The van der Waals surface area contributed by atoms with Crippen molar-refractivity contribution in [1.29, 1.82) is 0 Å². The summed E-state index contributed by atoms with van der Waals surface area (Å²) >= 11 is 0. The molecular weight excluding hydrogens is 444 g/mol. The van der Waals surface area contributed by atoms with Crippen LogP contribution >= 0.6 is 0 Å². The zero-order valence-corrected chi connectivity index (χ0v) is 20.4. The number of amides is 2. The molecule has 1 fully saturated rings. The maximum atomic E-state index is 13.0. The van der Waals surface area contributed by atoms with E-state index in [1.54, 1.807) is 4.90 Å². The van der Waals surface area contributed by atoms with Crippen molar-refractivity contribution in [3.8, 4) is 11.1 Å². The molecule has 0 radical (unpaired) electrons. The van der Waals surface area contributed by atoms with Gasteiger partial charge >= 0.3 is 12.1 Å². The Hall–Kier alpha value is -3.35. The van der Waals surface area contributed by atoms with Crippen LogP contribution in [-0.2, 0) is 14.3 Å². The Morgan fingerprint density at radius 1 is 1.06 bits per heavy atom. The number of rotatable bonds is 9. The minimum absolute atomic E-state index is 0.0214. The molecule has 2 N–H and O–H groups in total. The minimum Gasteiger partial charge on any atom is -0.481 e. The molecule has 1 aliphatic carbocycles. The summed E-state index contributed by atoms with van der Waals surface area (Å²) in [6.45, 7) is 4.79. The molecule has 2 amide bonds. The van der Waals surface area contributed by atoms with Gasteiger partial charge in [-0.25, -0.2) is 4.79 Å². The number of aliphatic carboxylic acids is 1. The Kier molecular flexibility index (Phi) is 7.73. The lowest BCUT2D eigenvalue weighted by atomic mass is 9.98. The summed E-state index contributed by atoms with van der Waals surface area (Å²) in [5.41, 5.74) is 4.65. The van der Waals surface area contributed by atoms with E-state index in [9.17, 15) is 14.4 Å². The van der Waals surface area contributed by atoms with Gasteiger partial charge in [-0.15, -0.1) is 0 Å². The number of nitrogens with one attached hydrogen (secondary N) is 1. The SMILES string of the molecule is CC(C)C(CC(=O)N1CCCC1CCC(=O)O)NC(=O)OCC1c2ccccc2-c2ccccc21. The number of carbonyl (C=O) groups is 3. The molecule has 0 saturated carbocycles. The van der Waals surface area contributed by atoms with Crippen LogP contribution in [0.2, 0.25) is 0 Å². The van der Waals surface area contributed by atoms with Crippen molar-refractivity contribution in [3.05, 3.63) is 59.7 Å². The first-order valence-electron chi connectivity index (χ1n) is 12.5. The van der Waals surface area contributed by atoms with Crippen LogP contribution < -0.4 is 5.32 Å². The van der Waals surface area contributed by atoms with Crippen LogP contribution in [0.5, 0.6) is 0 Å². The number of alkyl carbamates (subject to hydrolysis) is 1. The van der Waals surface area contributed by atoms with Gasteiger partial charge in [-0.05, 0) is 47.4 Å². The Bertz CT molecular complexity index is 1040. The molecule has 2 aromatic rings. The highest BCUT2D eigenvalue weighted by Gasteiger charge is 2.32. The Morgan fingerprint density at radius 2 is 1.69 bits per heavy atom. The van der Waals surface area contributed by atoms with Gasteiger partial charge in [0.05, 0.1) is 0 Å². The number of benzene rings is 2. The smallest absolute Gasteiger partial charge is 0.407 e. The molecule has 4 rings (SSSR count). The molecule has 0 bridgehead atoms. The summed E-state index contributed by atoms with van der Waals surface area (Å²) in [7, 11) is 0. The summed E-state index contributed by atoms with van der Waals surface area (Å²) in [5.74, 6) is -0.872. The maximum Gasteiger partial charge on any atom is 0.407 e. The highest BCUT2D eigenvalue weighted by atomic mass is 16.5. The van der Waals surface area contributed by atoms with Crippen molar-refractivity contribution in [2.45, 2.75) is 64.0 Å². The van der Waals surface area contributed by atoms with E-state index in [1.165, 1.54) is 11.1 Å². The molecule has 0 aromatic heterocycles. The summed E-state index contributed by atoms with van der Waals surface area (Å²) in [4.78, 5) is 38.5. The van der Waals surface area contributed by atoms with E-state index in [2.05, 4.69) is 29.6 Å². The monoisotopic (exact) mass is 478 g/mol. The van der Waals surface area contributed by atoms with Gasteiger partial charge in [0.15, 0.2) is 0 Å². The summed E-state index contributed by atoms with van der Waals surface area (Å²) in [6, 6.07) is 16.0. The van der Waals surface area contributed by atoms with Crippen LogP contribution in [0.15, 0.2) is 48.5 Å². The lowest BCUT2D eigenvalue weighted by Gasteiger charge is -2.28. The molecule has 1 heterocycles. The van der Waals surface area contributed by atoms with Gasteiger partial charge in [-0.1, -0.05) is 62.4 Å². The highest BCUT2D eigenvalue weighted by Crippen LogP contribution is 2.44. The second-order valence-corrected chi connectivity index (χ2v) is 9.84. The van der Waals surface area contributed by atoms with Gasteiger partial charge in [0, 0.05) is 37.4 Å². The molecule has 186 valence electrons. The van der Waals surface area contributed by atoms with Crippen LogP contribution in [0.3, 0.4) is 0 Å². The van der Waals surface area contributed by atoms with E-state index in [-0.39, 0.29) is 49.3 Å². The van der Waals surface area contributed by atoms with Crippen molar-refractivity contribution in [3.63, 3.8) is 0 Å². The molecule has 7 heteroatoms. The van der Waals surface area contributed by atoms with E-state index >= 15 is 0 Å². The molecular formula is C28H34N2O5. The Balaban J connectivity index is 1.35. The average Bonchev–Trinajstić information content (AvgIpc) is 3.44. The average molecular weight is 479 g/mol. The van der Waals surface area contributed by atoms with Crippen LogP contribution in [0, 0.1) is 5.92 Å². The first-order valence-corrected chi connectivity index (χ1v) is 12.5. The van der Waals surface area contributed by atoms with Crippen LogP contribution in [0.25, 0.3) is 11.1 Å². The number of hydrogen-bond donors (Lipinski definition) is 2. The van der Waals surface area contributed by atoms with Crippen molar-refractivity contribution in [1.82, 2.24) is 10.2 Å².